The van der Waals surface area contributed by atoms with Crippen molar-refractivity contribution >= 4 is 11.8 Å². The van der Waals surface area contributed by atoms with Gasteiger partial charge in [-0.25, -0.2) is 0 Å². The van der Waals surface area contributed by atoms with Crippen molar-refractivity contribution in [3.8, 4) is 0 Å². The van der Waals surface area contributed by atoms with Crippen LogP contribution in [0.5, 0.6) is 0 Å². The van der Waals surface area contributed by atoms with Gasteiger partial charge in [-0.1, -0.05) is 0 Å². The molecule has 0 bridgehead atoms. The van der Waals surface area contributed by atoms with Gasteiger partial charge in [0.2, 0.25) is 0 Å². The lowest BCUT2D eigenvalue weighted by Gasteiger charge is -2.35. The van der Waals surface area contributed by atoms with Gasteiger partial charge in [-0.05, 0) is 18.8 Å². The molecular weight excluding hydrogens is 182 g/mol. The SMILES string of the molecule is CCOC(=O)C1CC2(CN1)CC(=O)C2. The van der Waals surface area contributed by atoms with Crippen LogP contribution in [0.25, 0.3) is 0 Å². The number of ether oxygens (including phenoxy) is 1. The van der Waals surface area contributed by atoms with Crippen LogP contribution in [0.2, 0.25) is 0 Å². The quantitative estimate of drug-likeness (QED) is 0.645. The van der Waals surface area contributed by atoms with Crippen molar-refractivity contribution in [3.63, 3.8) is 0 Å². The van der Waals surface area contributed by atoms with Crippen LogP contribution in [0.15, 0.2) is 0 Å². The number of rotatable bonds is 2. The molecule has 0 aromatic carbocycles. The molecule has 78 valence electrons. The van der Waals surface area contributed by atoms with Crippen LogP contribution < -0.4 is 5.32 Å². The van der Waals surface area contributed by atoms with Crippen LogP contribution in [0.3, 0.4) is 0 Å². The Labute approximate surface area is 83.0 Å². The highest BCUT2D eigenvalue weighted by molar-refractivity contribution is 5.87. The van der Waals surface area contributed by atoms with E-state index in [0.29, 0.717) is 25.2 Å². The molecule has 1 N–H and O–H groups in total. The Balaban J connectivity index is 1.89. The molecule has 1 atom stereocenters. The molecule has 14 heavy (non-hydrogen) atoms. The normalized spacial score (nSPS) is 28.9. The van der Waals surface area contributed by atoms with E-state index in [9.17, 15) is 9.59 Å². The van der Waals surface area contributed by atoms with Gasteiger partial charge in [-0.15, -0.1) is 0 Å². The summed E-state index contributed by atoms with van der Waals surface area (Å²) in [4.78, 5) is 22.3. The molecule has 0 aromatic heterocycles. The summed E-state index contributed by atoms with van der Waals surface area (Å²) in [7, 11) is 0. The molecule has 2 fully saturated rings. The summed E-state index contributed by atoms with van der Waals surface area (Å²) in [5.74, 6) is 0.139. The molecule has 1 spiro atoms. The van der Waals surface area contributed by atoms with Gasteiger partial charge in [0.25, 0.3) is 0 Å². The summed E-state index contributed by atoms with van der Waals surface area (Å²) in [5.41, 5.74) is 0.0779. The first-order chi connectivity index (χ1) is 6.65. The van der Waals surface area contributed by atoms with E-state index in [2.05, 4.69) is 5.32 Å². The number of ketones is 1. The third kappa shape index (κ3) is 1.54. The van der Waals surface area contributed by atoms with Gasteiger partial charge in [0, 0.05) is 19.4 Å². The smallest absolute Gasteiger partial charge is 0.323 e. The van der Waals surface area contributed by atoms with Crippen LogP contribution in [-0.4, -0.2) is 30.9 Å². The number of hydrogen-bond donors (Lipinski definition) is 1. The minimum atomic E-state index is -0.192. The molecule has 1 saturated carbocycles. The number of nitrogens with one attached hydrogen (secondary N) is 1. The molecule has 2 aliphatic rings. The van der Waals surface area contributed by atoms with Crippen molar-refractivity contribution in [2.24, 2.45) is 5.41 Å². The van der Waals surface area contributed by atoms with Gasteiger partial charge in [0.1, 0.15) is 11.8 Å². The largest absolute Gasteiger partial charge is 0.465 e. The Morgan fingerprint density at radius 3 is 2.93 bits per heavy atom. The van der Waals surface area contributed by atoms with E-state index in [0.717, 1.165) is 13.0 Å². The first kappa shape index (κ1) is 9.65. The summed E-state index contributed by atoms with van der Waals surface area (Å²) in [6, 6.07) is -0.192. The highest BCUT2D eigenvalue weighted by atomic mass is 16.5. The summed E-state index contributed by atoms with van der Waals surface area (Å²) in [6.07, 6.45) is 2.03. The second-order valence-corrected chi connectivity index (χ2v) is 4.28. The van der Waals surface area contributed by atoms with Gasteiger partial charge in [-0.3, -0.25) is 9.59 Å². The lowest BCUT2D eigenvalue weighted by Crippen LogP contribution is -2.39. The van der Waals surface area contributed by atoms with Gasteiger partial charge in [-0.2, -0.15) is 0 Å². The van der Waals surface area contributed by atoms with Crippen molar-refractivity contribution in [2.45, 2.75) is 32.2 Å². The number of esters is 1. The van der Waals surface area contributed by atoms with E-state index >= 15 is 0 Å². The van der Waals surface area contributed by atoms with E-state index in [1.807, 2.05) is 0 Å². The minimum absolute atomic E-state index is 0.0779. The van der Waals surface area contributed by atoms with Crippen LogP contribution >= 0.6 is 0 Å². The number of carbonyl (C=O) groups is 2. The Bertz CT molecular complexity index is 267. The molecule has 0 amide bonds. The van der Waals surface area contributed by atoms with Crippen molar-refractivity contribution < 1.29 is 14.3 Å². The second-order valence-electron chi connectivity index (χ2n) is 4.28. The molecule has 4 nitrogen and oxygen atoms in total. The van der Waals surface area contributed by atoms with Crippen molar-refractivity contribution in [2.75, 3.05) is 13.2 Å². The standard InChI is InChI=1S/C10H15NO3/c1-2-14-9(13)8-5-10(6-11-8)3-7(12)4-10/h8,11H,2-6H2,1H3. The number of Topliss-reactive ketones (excluding diaryl/α,β-unsaturated/α-hetero) is 1. The van der Waals surface area contributed by atoms with E-state index in [-0.39, 0.29) is 17.4 Å². The Kier molecular flexibility index (Phi) is 2.31. The lowest BCUT2D eigenvalue weighted by atomic mass is 9.67. The average Bonchev–Trinajstić information content (AvgIpc) is 2.49. The van der Waals surface area contributed by atoms with Crippen molar-refractivity contribution in [1.29, 1.82) is 0 Å². The predicted molar refractivity (Wildman–Crippen MR) is 49.7 cm³/mol. The molecule has 1 heterocycles. The molecule has 0 aromatic rings. The lowest BCUT2D eigenvalue weighted by molar-refractivity contribution is -0.146. The topological polar surface area (TPSA) is 55.4 Å². The number of hydrogen-bond acceptors (Lipinski definition) is 4. The molecule has 4 heteroatoms. The zero-order valence-electron chi connectivity index (χ0n) is 8.34. The summed E-state index contributed by atoms with van der Waals surface area (Å²) >= 11 is 0. The fourth-order valence-electron chi connectivity index (χ4n) is 2.38. The van der Waals surface area contributed by atoms with Crippen LogP contribution in [0.1, 0.15) is 26.2 Å². The van der Waals surface area contributed by atoms with Crippen LogP contribution in [-0.2, 0) is 14.3 Å². The summed E-state index contributed by atoms with van der Waals surface area (Å²) in [6.45, 7) is 3.00. The molecule has 0 radical (unpaired) electrons. The Hall–Kier alpha value is -0.900. The average molecular weight is 197 g/mol. The van der Waals surface area contributed by atoms with Gasteiger partial charge in [0.05, 0.1) is 6.61 Å². The summed E-state index contributed by atoms with van der Waals surface area (Å²) < 4.78 is 4.93. The fraction of sp³-hybridized carbons (Fsp3) is 0.800. The first-order valence-corrected chi connectivity index (χ1v) is 5.07. The van der Waals surface area contributed by atoms with E-state index < -0.39 is 0 Å². The highest BCUT2D eigenvalue weighted by Crippen LogP contribution is 2.44. The summed E-state index contributed by atoms with van der Waals surface area (Å²) in [5, 5.41) is 3.13. The monoisotopic (exact) mass is 197 g/mol. The molecule has 1 aliphatic carbocycles. The molecule has 1 saturated heterocycles. The van der Waals surface area contributed by atoms with Gasteiger partial charge in [0.15, 0.2) is 0 Å². The number of carbonyl (C=O) groups excluding carboxylic acids is 2. The van der Waals surface area contributed by atoms with Crippen molar-refractivity contribution in [3.05, 3.63) is 0 Å². The van der Waals surface area contributed by atoms with Crippen molar-refractivity contribution in [1.82, 2.24) is 5.32 Å². The minimum Gasteiger partial charge on any atom is -0.465 e. The predicted octanol–water partition coefficient (Wildman–Crippen LogP) is 0.261. The van der Waals surface area contributed by atoms with E-state index in [1.165, 1.54) is 0 Å². The van der Waals surface area contributed by atoms with Gasteiger partial charge < -0.3 is 10.1 Å². The first-order valence-electron chi connectivity index (χ1n) is 5.07. The Morgan fingerprint density at radius 2 is 2.36 bits per heavy atom. The Morgan fingerprint density at radius 1 is 1.64 bits per heavy atom. The molecule has 1 aliphatic heterocycles. The van der Waals surface area contributed by atoms with E-state index in [4.69, 9.17) is 4.74 Å². The second kappa shape index (κ2) is 3.35. The van der Waals surface area contributed by atoms with Gasteiger partial charge >= 0.3 is 5.97 Å². The molecule has 1 unspecified atom stereocenters. The van der Waals surface area contributed by atoms with E-state index in [1.54, 1.807) is 6.92 Å². The zero-order chi connectivity index (χ0) is 10.2. The third-order valence-corrected chi connectivity index (χ3v) is 3.08. The molecule has 2 rings (SSSR count). The van der Waals surface area contributed by atoms with Crippen LogP contribution in [0, 0.1) is 5.41 Å². The zero-order valence-corrected chi connectivity index (χ0v) is 8.34. The molecular formula is C10H15NO3. The highest BCUT2D eigenvalue weighted by Gasteiger charge is 2.50. The maximum absolute atomic E-state index is 11.4. The maximum atomic E-state index is 11.4. The fourth-order valence-corrected chi connectivity index (χ4v) is 2.38. The third-order valence-electron chi connectivity index (χ3n) is 3.08. The maximum Gasteiger partial charge on any atom is 0.323 e. The van der Waals surface area contributed by atoms with Crippen LogP contribution in [0.4, 0.5) is 0 Å².